The van der Waals surface area contributed by atoms with Crippen molar-refractivity contribution in [2.45, 2.75) is 53.4 Å². The van der Waals surface area contributed by atoms with Gasteiger partial charge in [-0.05, 0) is 84.9 Å². The summed E-state index contributed by atoms with van der Waals surface area (Å²) >= 11 is 0. The maximum absolute atomic E-state index is 13.5. The molecule has 6 fully saturated rings. The first-order valence-electron chi connectivity index (χ1n) is 17.8. The van der Waals surface area contributed by atoms with Crippen molar-refractivity contribution in [2.24, 2.45) is 88.3 Å². The van der Waals surface area contributed by atoms with Crippen molar-refractivity contribution in [1.82, 2.24) is 0 Å². The molecular weight excluding hydrogens is 636 g/mol. The molecule has 7 rings (SSSR count). The third-order valence-corrected chi connectivity index (χ3v) is 13.9. The first kappa shape index (κ1) is 34.0. The molecular formula is C37H48O12. The minimum absolute atomic E-state index is 0.0659. The van der Waals surface area contributed by atoms with Crippen molar-refractivity contribution in [3.63, 3.8) is 0 Å². The number of carbonyl (C=O) groups excluding carboxylic acids is 6. The molecule has 0 heterocycles. The third-order valence-electron chi connectivity index (χ3n) is 13.9. The highest BCUT2D eigenvalue weighted by Gasteiger charge is 2.76. The highest BCUT2D eigenvalue weighted by atomic mass is 16.6. The fourth-order valence-electron chi connectivity index (χ4n) is 12.4. The van der Waals surface area contributed by atoms with Crippen LogP contribution in [0.1, 0.15) is 53.4 Å². The van der Waals surface area contributed by atoms with Crippen LogP contribution in [-0.2, 0) is 57.2 Å². The summed E-state index contributed by atoms with van der Waals surface area (Å²) in [4.78, 5) is 74.4. The average Bonchev–Trinajstić information content (AvgIpc) is 3.59. The van der Waals surface area contributed by atoms with Gasteiger partial charge in [-0.15, -0.1) is 0 Å². The summed E-state index contributed by atoms with van der Waals surface area (Å²) < 4.78 is 32.7. The summed E-state index contributed by atoms with van der Waals surface area (Å²) in [6.45, 7) is 6.73. The van der Waals surface area contributed by atoms with Crippen LogP contribution < -0.4 is 0 Å². The molecule has 0 radical (unpaired) electrons. The Morgan fingerprint density at radius 1 is 0.510 bits per heavy atom. The summed E-state index contributed by atoms with van der Waals surface area (Å²) in [7, 11) is 2.61. The first-order chi connectivity index (χ1) is 23.3. The van der Waals surface area contributed by atoms with Crippen LogP contribution in [0.4, 0.5) is 0 Å². The Bertz CT molecular complexity index is 1300. The van der Waals surface area contributed by atoms with E-state index in [1.165, 1.54) is 53.1 Å². The first-order valence-corrected chi connectivity index (χ1v) is 17.8. The van der Waals surface area contributed by atoms with Crippen LogP contribution in [0.3, 0.4) is 0 Å². The molecule has 7 aliphatic carbocycles. The predicted molar refractivity (Wildman–Crippen MR) is 167 cm³/mol. The molecule has 7 aliphatic rings. The molecule has 6 saturated carbocycles. The van der Waals surface area contributed by atoms with E-state index in [9.17, 15) is 28.8 Å². The lowest BCUT2D eigenvalue weighted by Gasteiger charge is -2.29. The molecule has 0 spiro atoms. The maximum atomic E-state index is 13.5. The van der Waals surface area contributed by atoms with E-state index in [-0.39, 0.29) is 122 Å². The van der Waals surface area contributed by atoms with Gasteiger partial charge in [0, 0.05) is 51.4 Å². The molecule has 4 bridgehead atoms. The van der Waals surface area contributed by atoms with Crippen molar-refractivity contribution in [1.29, 1.82) is 0 Å². The van der Waals surface area contributed by atoms with Gasteiger partial charge >= 0.3 is 35.8 Å². The van der Waals surface area contributed by atoms with Crippen LogP contribution in [0.15, 0.2) is 11.1 Å². The Morgan fingerprint density at radius 2 is 0.776 bits per heavy atom. The summed E-state index contributed by atoms with van der Waals surface area (Å²) in [6.07, 6.45) is 2.45. The number of rotatable bonds is 12. The van der Waals surface area contributed by atoms with Crippen molar-refractivity contribution in [3.05, 3.63) is 11.1 Å². The lowest BCUT2D eigenvalue weighted by Crippen LogP contribution is -2.39. The van der Waals surface area contributed by atoms with Crippen molar-refractivity contribution >= 4 is 35.8 Å². The second-order valence-electron chi connectivity index (χ2n) is 15.8. The van der Waals surface area contributed by atoms with Crippen LogP contribution in [0.5, 0.6) is 0 Å². The predicted octanol–water partition coefficient (Wildman–Crippen LogP) is 3.15. The highest BCUT2D eigenvalue weighted by molar-refractivity contribution is 6.01. The monoisotopic (exact) mass is 684 g/mol. The van der Waals surface area contributed by atoms with Crippen molar-refractivity contribution in [3.8, 4) is 0 Å². The fraction of sp³-hybridized carbons (Fsp3) is 0.784. The summed E-state index contributed by atoms with van der Waals surface area (Å²) in [5.74, 6) is 0.499. The minimum Gasteiger partial charge on any atom is -0.468 e. The van der Waals surface area contributed by atoms with E-state index in [4.69, 9.17) is 28.4 Å². The number of methoxy groups -OCH3 is 2. The number of fused-ring (bicyclic) bond motifs is 10. The van der Waals surface area contributed by atoms with Gasteiger partial charge < -0.3 is 28.4 Å². The van der Waals surface area contributed by atoms with E-state index in [1.807, 2.05) is 0 Å². The average molecular weight is 685 g/mol. The highest BCUT2D eigenvalue weighted by Crippen LogP contribution is 2.80. The number of allylic oxidation sites excluding steroid dienone is 2. The van der Waals surface area contributed by atoms with Crippen molar-refractivity contribution < 1.29 is 57.2 Å². The molecule has 49 heavy (non-hydrogen) atoms. The van der Waals surface area contributed by atoms with Gasteiger partial charge in [0.1, 0.15) is 0 Å². The molecule has 12 nitrogen and oxygen atoms in total. The zero-order valence-electron chi connectivity index (χ0n) is 29.1. The number of ether oxygens (including phenoxy) is 6. The topological polar surface area (TPSA) is 158 Å². The van der Waals surface area contributed by atoms with Crippen LogP contribution in [0, 0.1) is 88.3 Å². The second kappa shape index (κ2) is 12.4. The van der Waals surface area contributed by atoms with Gasteiger partial charge in [0.05, 0.1) is 40.6 Å². The zero-order valence-corrected chi connectivity index (χ0v) is 29.1. The Kier molecular flexibility index (Phi) is 8.61. The molecule has 14 atom stereocenters. The molecule has 268 valence electrons. The normalized spacial score (nSPS) is 41.0. The van der Waals surface area contributed by atoms with E-state index < -0.39 is 17.4 Å². The second-order valence-corrected chi connectivity index (χ2v) is 15.8. The number of hydrogen-bond acceptors (Lipinski definition) is 12. The van der Waals surface area contributed by atoms with Crippen LogP contribution in [-0.4, -0.2) is 76.5 Å². The van der Waals surface area contributed by atoms with Gasteiger partial charge in [0.25, 0.3) is 0 Å². The fourth-order valence-corrected chi connectivity index (χ4v) is 12.4. The minimum atomic E-state index is -1.46. The van der Waals surface area contributed by atoms with E-state index in [2.05, 4.69) is 0 Å². The summed E-state index contributed by atoms with van der Waals surface area (Å²) in [5.41, 5.74) is 0.890. The van der Waals surface area contributed by atoms with Crippen LogP contribution in [0.25, 0.3) is 0 Å². The van der Waals surface area contributed by atoms with E-state index >= 15 is 0 Å². The van der Waals surface area contributed by atoms with Gasteiger partial charge in [-0.1, -0.05) is 11.1 Å². The lowest BCUT2D eigenvalue weighted by atomic mass is 9.80. The molecule has 0 aromatic heterocycles. The lowest BCUT2D eigenvalue weighted by molar-refractivity contribution is -0.168. The summed E-state index contributed by atoms with van der Waals surface area (Å²) in [6, 6.07) is 0. The molecule has 0 aromatic rings. The molecule has 0 saturated heterocycles. The van der Waals surface area contributed by atoms with Gasteiger partial charge in [-0.2, -0.15) is 0 Å². The Morgan fingerprint density at radius 3 is 1.00 bits per heavy atom. The molecule has 0 aliphatic heterocycles. The quantitative estimate of drug-likeness (QED) is 0.128. The molecule has 0 aromatic carbocycles. The number of esters is 6. The Labute approximate surface area is 286 Å². The molecule has 0 N–H and O–H groups in total. The van der Waals surface area contributed by atoms with Gasteiger partial charge in [-0.3, -0.25) is 28.8 Å². The third kappa shape index (κ3) is 5.37. The Hall–Kier alpha value is -3.44. The number of hydrogen-bond donors (Lipinski definition) is 0. The smallest absolute Gasteiger partial charge is 0.323 e. The maximum Gasteiger partial charge on any atom is 0.323 e. The van der Waals surface area contributed by atoms with Gasteiger partial charge in [0.15, 0.2) is 5.41 Å². The van der Waals surface area contributed by atoms with E-state index in [1.54, 1.807) is 0 Å². The van der Waals surface area contributed by atoms with E-state index in [0.29, 0.717) is 23.7 Å². The van der Waals surface area contributed by atoms with Gasteiger partial charge in [0.2, 0.25) is 0 Å². The molecule has 2 unspecified atom stereocenters. The number of carbonyl (C=O) groups is 6. The zero-order chi connectivity index (χ0) is 35.1. The SMILES string of the molecule is COC(=O)C1(C(=O)OC)CC(C2[C@@H]3[C@@H]4C[C@@H]([C@H](COC(C)=O)[C@@H]4COC(C)=O)[C@H]23)=C(C2[C@@H]3[C@@H]4C[C@@H]([C@H](COC(C)=O)[C@@H]4COC(C)=O)[C@H]23)C1. The largest absolute Gasteiger partial charge is 0.468 e. The van der Waals surface area contributed by atoms with Crippen LogP contribution >= 0.6 is 0 Å². The summed E-state index contributed by atoms with van der Waals surface area (Å²) in [5, 5.41) is 0. The molecule has 0 amide bonds. The molecule has 12 heteroatoms. The Balaban J connectivity index is 1.21. The standard InChI is InChI=1S/C37H48O12/c1-15(38)46-11-25-19-7-20(26(25)12-47-16(2)39)30-29(19)33(30)23-9-37(35(42)44-5,36(43)45-6)10-24(23)34-31-21-8-22(32(31)34)28(14-49-18(4)41)27(21)13-48-17(3)40/h19-22,25-34H,7-14H2,1-6H3/t19-,20+,21-,22+,25-,26+,27-,28+,29-,30+,31-,32+,33?,34?. The van der Waals surface area contributed by atoms with E-state index in [0.717, 1.165) is 12.8 Å². The van der Waals surface area contributed by atoms with Crippen molar-refractivity contribution in [2.75, 3.05) is 40.6 Å². The van der Waals surface area contributed by atoms with Gasteiger partial charge in [-0.25, -0.2) is 0 Å². The van der Waals surface area contributed by atoms with Crippen LogP contribution in [0.2, 0.25) is 0 Å².